The Hall–Kier alpha value is -3.09. The predicted octanol–water partition coefficient (Wildman–Crippen LogP) is 3.15. The highest BCUT2D eigenvalue weighted by Crippen LogP contribution is 2.25. The van der Waals surface area contributed by atoms with Crippen molar-refractivity contribution in [2.24, 2.45) is 0 Å². The minimum atomic E-state index is -0.205. The van der Waals surface area contributed by atoms with Crippen molar-refractivity contribution >= 4 is 28.6 Å². The van der Waals surface area contributed by atoms with Crippen molar-refractivity contribution in [1.82, 2.24) is 19.9 Å². The summed E-state index contributed by atoms with van der Waals surface area (Å²) in [4.78, 5) is 20.8. The first-order chi connectivity index (χ1) is 12.5. The summed E-state index contributed by atoms with van der Waals surface area (Å²) in [6.45, 7) is 7.26. The number of fused-ring (bicyclic) bond motifs is 1. The molecule has 0 saturated carbocycles. The van der Waals surface area contributed by atoms with Crippen LogP contribution in [0.25, 0.3) is 11.0 Å². The number of pyridine rings is 1. The molecule has 0 spiro atoms. The summed E-state index contributed by atoms with van der Waals surface area (Å²) in [7, 11) is 0. The fourth-order valence-corrected chi connectivity index (χ4v) is 3.02. The molecule has 0 aliphatic heterocycles. The number of amides is 2. The number of anilines is 2. The van der Waals surface area contributed by atoms with Gasteiger partial charge in [-0.25, -0.2) is 14.8 Å². The SMILES string of the molecule is Cc1nc(N)c2nc(C)n(CCCNC(=O)Nc3ccccc3)c2c1C. The zero-order valence-electron chi connectivity index (χ0n) is 15.3. The fourth-order valence-electron chi connectivity index (χ4n) is 3.02. The number of carbonyl (C=O) groups excluding carboxylic acids is 1. The van der Waals surface area contributed by atoms with Crippen molar-refractivity contribution in [3.63, 3.8) is 0 Å². The van der Waals surface area contributed by atoms with Crippen molar-refractivity contribution < 1.29 is 4.79 Å². The monoisotopic (exact) mass is 352 g/mol. The highest BCUT2D eigenvalue weighted by atomic mass is 16.2. The quantitative estimate of drug-likeness (QED) is 0.614. The number of rotatable bonds is 5. The molecule has 1 aromatic carbocycles. The lowest BCUT2D eigenvalue weighted by Gasteiger charge is -2.11. The van der Waals surface area contributed by atoms with Gasteiger partial charge >= 0.3 is 6.03 Å². The van der Waals surface area contributed by atoms with E-state index in [0.717, 1.165) is 46.8 Å². The van der Waals surface area contributed by atoms with Crippen LogP contribution in [0.15, 0.2) is 30.3 Å². The molecule has 2 heterocycles. The summed E-state index contributed by atoms with van der Waals surface area (Å²) in [6, 6.07) is 9.17. The molecule has 0 unspecified atom stereocenters. The van der Waals surface area contributed by atoms with E-state index in [1.165, 1.54) is 0 Å². The lowest BCUT2D eigenvalue weighted by molar-refractivity contribution is 0.252. The van der Waals surface area contributed by atoms with Crippen LogP contribution in [0.4, 0.5) is 16.3 Å². The molecule has 0 aliphatic rings. The highest BCUT2D eigenvalue weighted by Gasteiger charge is 2.15. The summed E-state index contributed by atoms with van der Waals surface area (Å²) in [5, 5.41) is 5.68. The van der Waals surface area contributed by atoms with Crippen LogP contribution in [0.3, 0.4) is 0 Å². The highest BCUT2D eigenvalue weighted by molar-refractivity contribution is 5.89. The molecular weight excluding hydrogens is 328 g/mol. The van der Waals surface area contributed by atoms with Gasteiger partial charge in [0.25, 0.3) is 0 Å². The number of imidazole rings is 1. The van der Waals surface area contributed by atoms with Gasteiger partial charge < -0.3 is 20.9 Å². The van der Waals surface area contributed by atoms with E-state index in [4.69, 9.17) is 5.73 Å². The van der Waals surface area contributed by atoms with E-state index < -0.39 is 0 Å². The molecule has 0 saturated heterocycles. The summed E-state index contributed by atoms with van der Waals surface area (Å²) in [5.74, 6) is 1.36. The second-order valence-corrected chi connectivity index (χ2v) is 6.32. The van der Waals surface area contributed by atoms with Crippen molar-refractivity contribution in [3.8, 4) is 0 Å². The second kappa shape index (κ2) is 7.43. The predicted molar refractivity (Wildman–Crippen MR) is 104 cm³/mol. The number of aromatic nitrogens is 3. The number of urea groups is 1. The molecule has 7 heteroatoms. The van der Waals surface area contributed by atoms with Gasteiger partial charge in [-0.3, -0.25) is 0 Å². The first-order valence-electron chi connectivity index (χ1n) is 8.66. The molecule has 0 aliphatic carbocycles. The van der Waals surface area contributed by atoms with E-state index in [9.17, 15) is 4.79 Å². The van der Waals surface area contributed by atoms with Crippen molar-refractivity contribution in [3.05, 3.63) is 47.4 Å². The molecule has 2 amide bonds. The average molecular weight is 352 g/mol. The second-order valence-electron chi connectivity index (χ2n) is 6.32. The van der Waals surface area contributed by atoms with Gasteiger partial charge in [0.05, 0.1) is 5.52 Å². The third-order valence-corrected chi connectivity index (χ3v) is 4.46. The Morgan fingerprint density at radius 2 is 1.88 bits per heavy atom. The Kier molecular flexibility index (Phi) is 5.06. The molecule has 3 aromatic rings. The Morgan fingerprint density at radius 3 is 2.62 bits per heavy atom. The number of carbonyl (C=O) groups is 1. The minimum Gasteiger partial charge on any atom is -0.382 e. The molecule has 0 fully saturated rings. The molecule has 0 atom stereocenters. The van der Waals surface area contributed by atoms with Gasteiger partial charge in [0.2, 0.25) is 0 Å². The molecule has 2 aromatic heterocycles. The zero-order valence-corrected chi connectivity index (χ0v) is 15.3. The van der Waals surface area contributed by atoms with Crippen LogP contribution in [0.2, 0.25) is 0 Å². The third-order valence-electron chi connectivity index (χ3n) is 4.46. The number of nitrogen functional groups attached to an aromatic ring is 1. The zero-order chi connectivity index (χ0) is 18.7. The number of nitrogens with two attached hydrogens (primary N) is 1. The van der Waals surface area contributed by atoms with Gasteiger partial charge in [0.1, 0.15) is 11.3 Å². The van der Waals surface area contributed by atoms with Crippen molar-refractivity contribution in [2.45, 2.75) is 33.7 Å². The topological polar surface area (TPSA) is 97.9 Å². The fraction of sp³-hybridized carbons (Fsp3) is 0.316. The molecule has 7 nitrogen and oxygen atoms in total. The number of nitrogens with zero attached hydrogens (tertiary/aromatic N) is 3. The molecule has 3 rings (SSSR count). The maximum absolute atomic E-state index is 11.9. The Labute approximate surface area is 152 Å². The number of aryl methyl sites for hydroxylation is 4. The maximum Gasteiger partial charge on any atom is 0.319 e. The molecule has 4 N–H and O–H groups in total. The van der Waals surface area contributed by atoms with Crippen molar-refractivity contribution in [2.75, 3.05) is 17.6 Å². The standard InChI is InChI=1S/C19H24N6O/c1-12-13(2)22-18(20)16-17(12)25(14(3)23-16)11-7-10-21-19(26)24-15-8-5-4-6-9-15/h4-6,8-9H,7,10-11H2,1-3H3,(H2,20,22)(H2,21,24,26). The van der Waals surface area contributed by atoms with Crippen LogP contribution in [0.1, 0.15) is 23.5 Å². The van der Waals surface area contributed by atoms with Crippen LogP contribution in [0, 0.1) is 20.8 Å². The number of benzene rings is 1. The Morgan fingerprint density at radius 1 is 1.15 bits per heavy atom. The van der Waals surface area contributed by atoms with E-state index in [0.29, 0.717) is 12.4 Å². The summed E-state index contributed by atoms with van der Waals surface area (Å²) in [5.41, 5.74) is 10.6. The van der Waals surface area contributed by atoms with Gasteiger partial charge in [-0.1, -0.05) is 18.2 Å². The van der Waals surface area contributed by atoms with Crippen LogP contribution in [0.5, 0.6) is 0 Å². The van der Waals surface area contributed by atoms with E-state index in [1.54, 1.807) is 0 Å². The lowest BCUT2D eigenvalue weighted by Crippen LogP contribution is -2.30. The third kappa shape index (κ3) is 3.61. The van der Waals surface area contributed by atoms with E-state index in [-0.39, 0.29) is 6.03 Å². The normalized spacial score (nSPS) is 10.9. The number of hydrogen-bond acceptors (Lipinski definition) is 4. The van der Waals surface area contributed by atoms with Gasteiger partial charge in [0, 0.05) is 24.5 Å². The molecule has 136 valence electrons. The first kappa shape index (κ1) is 17.7. The van der Waals surface area contributed by atoms with Gasteiger partial charge in [-0.05, 0) is 44.9 Å². The van der Waals surface area contributed by atoms with Crippen LogP contribution in [-0.4, -0.2) is 27.1 Å². The first-order valence-corrected chi connectivity index (χ1v) is 8.66. The Balaban J connectivity index is 1.62. The maximum atomic E-state index is 11.9. The van der Waals surface area contributed by atoms with E-state index in [2.05, 4.69) is 25.2 Å². The summed E-state index contributed by atoms with van der Waals surface area (Å²) < 4.78 is 2.15. The van der Waals surface area contributed by atoms with Gasteiger partial charge in [-0.2, -0.15) is 0 Å². The van der Waals surface area contributed by atoms with Crippen LogP contribution in [-0.2, 0) is 6.54 Å². The minimum absolute atomic E-state index is 0.205. The van der Waals surface area contributed by atoms with Crippen molar-refractivity contribution in [1.29, 1.82) is 0 Å². The Bertz CT molecular complexity index is 932. The number of nitrogens with one attached hydrogen (secondary N) is 2. The molecule has 26 heavy (non-hydrogen) atoms. The summed E-state index contributed by atoms with van der Waals surface area (Å²) >= 11 is 0. The molecule has 0 radical (unpaired) electrons. The average Bonchev–Trinajstić information content (AvgIpc) is 2.95. The van der Waals surface area contributed by atoms with Gasteiger partial charge in [0.15, 0.2) is 5.82 Å². The van der Waals surface area contributed by atoms with E-state index in [1.807, 2.05) is 51.1 Å². The van der Waals surface area contributed by atoms with Crippen LogP contribution >= 0.6 is 0 Å². The summed E-state index contributed by atoms with van der Waals surface area (Å²) in [6.07, 6.45) is 0.787. The number of hydrogen-bond donors (Lipinski definition) is 3. The largest absolute Gasteiger partial charge is 0.382 e. The molecule has 0 bridgehead atoms. The lowest BCUT2D eigenvalue weighted by atomic mass is 10.2. The number of para-hydroxylation sites is 1. The smallest absolute Gasteiger partial charge is 0.319 e. The van der Waals surface area contributed by atoms with E-state index >= 15 is 0 Å². The molecular formula is C19H24N6O. The van der Waals surface area contributed by atoms with Crippen LogP contribution < -0.4 is 16.4 Å². The van der Waals surface area contributed by atoms with Gasteiger partial charge in [-0.15, -0.1) is 0 Å².